The average molecular weight is 380 g/mol. The zero-order valence-corrected chi connectivity index (χ0v) is 14.8. The van der Waals surface area contributed by atoms with Gasteiger partial charge in [0.15, 0.2) is 16.8 Å². The summed E-state index contributed by atoms with van der Waals surface area (Å²) >= 11 is 2.88. The van der Waals surface area contributed by atoms with Gasteiger partial charge in [0, 0.05) is 30.1 Å². The molecule has 1 aromatic carbocycles. The van der Waals surface area contributed by atoms with Crippen molar-refractivity contribution in [3.8, 4) is 0 Å². The zero-order chi connectivity index (χ0) is 17.8. The lowest BCUT2D eigenvalue weighted by Crippen LogP contribution is -2.14. The normalized spacial score (nSPS) is 10.8. The third-order valence-corrected chi connectivity index (χ3v) is 5.27. The molecule has 0 atom stereocenters. The molecular formula is C16H14F2N4OS2. The molecule has 0 aliphatic heterocycles. The van der Waals surface area contributed by atoms with Crippen molar-refractivity contribution in [2.75, 3.05) is 11.1 Å². The molecule has 5 nitrogen and oxygen atoms in total. The van der Waals surface area contributed by atoms with E-state index in [1.807, 2.05) is 29.1 Å². The fourth-order valence-corrected chi connectivity index (χ4v) is 3.53. The number of carbonyl (C=O) groups excluding carboxylic acids is 1. The van der Waals surface area contributed by atoms with Crippen LogP contribution in [0.25, 0.3) is 0 Å². The Morgan fingerprint density at radius 1 is 1.28 bits per heavy atom. The van der Waals surface area contributed by atoms with Crippen molar-refractivity contribution >= 4 is 34.7 Å². The van der Waals surface area contributed by atoms with Gasteiger partial charge in [0.1, 0.15) is 5.82 Å². The molecule has 0 bridgehead atoms. The third-order valence-electron chi connectivity index (χ3n) is 3.37. The first-order valence-corrected chi connectivity index (χ1v) is 9.18. The minimum absolute atomic E-state index is 0.0873. The van der Waals surface area contributed by atoms with E-state index in [2.05, 4.69) is 15.5 Å². The van der Waals surface area contributed by atoms with Crippen LogP contribution in [0.2, 0.25) is 0 Å². The number of carbonyl (C=O) groups is 1. The highest BCUT2D eigenvalue weighted by molar-refractivity contribution is 7.99. The predicted molar refractivity (Wildman–Crippen MR) is 93.8 cm³/mol. The van der Waals surface area contributed by atoms with Gasteiger partial charge >= 0.3 is 0 Å². The Bertz CT molecular complexity index is 880. The highest BCUT2D eigenvalue weighted by atomic mass is 32.2. The molecule has 0 aliphatic carbocycles. The van der Waals surface area contributed by atoms with Gasteiger partial charge < -0.3 is 9.88 Å². The summed E-state index contributed by atoms with van der Waals surface area (Å²) in [6.45, 7) is 0. The van der Waals surface area contributed by atoms with Crippen LogP contribution in [0.5, 0.6) is 0 Å². The molecule has 3 aromatic rings. The van der Waals surface area contributed by atoms with Crippen molar-refractivity contribution in [2.45, 2.75) is 11.6 Å². The molecule has 0 aliphatic rings. The largest absolute Gasteiger partial charge is 0.325 e. The number of hydrogen-bond donors (Lipinski definition) is 1. The second-order valence-electron chi connectivity index (χ2n) is 5.18. The summed E-state index contributed by atoms with van der Waals surface area (Å²) in [7, 11) is 1.85. The number of thioether (sulfide) groups is 1. The van der Waals surface area contributed by atoms with Crippen LogP contribution < -0.4 is 5.32 Å². The zero-order valence-electron chi connectivity index (χ0n) is 13.2. The van der Waals surface area contributed by atoms with Crippen LogP contribution >= 0.6 is 23.1 Å². The van der Waals surface area contributed by atoms with Crippen LogP contribution in [0.3, 0.4) is 0 Å². The Balaban J connectivity index is 1.57. The number of aromatic nitrogens is 3. The van der Waals surface area contributed by atoms with E-state index in [-0.39, 0.29) is 17.3 Å². The fraction of sp³-hybridized carbons (Fsp3) is 0.188. The second-order valence-corrected chi connectivity index (χ2v) is 7.15. The Hall–Kier alpha value is -2.26. The van der Waals surface area contributed by atoms with Gasteiger partial charge in [-0.15, -0.1) is 21.5 Å². The Labute approximate surface area is 151 Å². The maximum absolute atomic E-state index is 13.1. The lowest BCUT2D eigenvalue weighted by molar-refractivity contribution is -0.113. The van der Waals surface area contributed by atoms with Gasteiger partial charge in [-0.1, -0.05) is 17.8 Å². The Morgan fingerprint density at radius 2 is 2.12 bits per heavy atom. The number of nitrogens with zero attached hydrogens (tertiary/aromatic N) is 3. The van der Waals surface area contributed by atoms with Crippen molar-refractivity contribution in [1.82, 2.24) is 14.8 Å². The van der Waals surface area contributed by atoms with Crippen molar-refractivity contribution in [3.63, 3.8) is 0 Å². The smallest absolute Gasteiger partial charge is 0.234 e. The standard InChI is InChI=1S/C16H14F2N4OS2/c1-22-14(8-11-3-2-6-24-11)20-21-16(22)25-9-15(23)19-10-4-5-12(17)13(18)7-10/h2-7H,8-9H2,1H3,(H,19,23). The van der Waals surface area contributed by atoms with E-state index in [0.717, 1.165) is 18.0 Å². The lowest BCUT2D eigenvalue weighted by atomic mass is 10.3. The molecule has 0 fully saturated rings. The quantitative estimate of drug-likeness (QED) is 0.665. The lowest BCUT2D eigenvalue weighted by Gasteiger charge is -2.06. The van der Waals surface area contributed by atoms with E-state index in [0.29, 0.717) is 11.6 Å². The number of nitrogens with one attached hydrogen (secondary N) is 1. The Morgan fingerprint density at radius 3 is 2.84 bits per heavy atom. The first-order valence-electron chi connectivity index (χ1n) is 7.31. The summed E-state index contributed by atoms with van der Waals surface area (Å²) in [6.07, 6.45) is 0.683. The molecule has 0 unspecified atom stereocenters. The SMILES string of the molecule is Cn1c(Cc2cccs2)nnc1SCC(=O)Nc1ccc(F)c(F)c1. The molecule has 2 heterocycles. The highest BCUT2D eigenvalue weighted by Crippen LogP contribution is 2.20. The van der Waals surface area contributed by atoms with E-state index < -0.39 is 11.6 Å². The number of hydrogen-bond acceptors (Lipinski definition) is 5. The number of benzene rings is 1. The number of thiophene rings is 1. The average Bonchev–Trinajstić information content (AvgIpc) is 3.21. The molecule has 1 N–H and O–H groups in total. The van der Waals surface area contributed by atoms with E-state index in [1.54, 1.807) is 11.3 Å². The van der Waals surface area contributed by atoms with Crippen LogP contribution in [0, 0.1) is 11.6 Å². The molecule has 0 spiro atoms. The number of halogens is 2. The van der Waals surface area contributed by atoms with Crippen molar-refractivity contribution in [1.29, 1.82) is 0 Å². The van der Waals surface area contributed by atoms with Gasteiger partial charge in [0.2, 0.25) is 5.91 Å². The van der Waals surface area contributed by atoms with Gasteiger partial charge in [-0.25, -0.2) is 8.78 Å². The summed E-state index contributed by atoms with van der Waals surface area (Å²) < 4.78 is 27.9. The summed E-state index contributed by atoms with van der Waals surface area (Å²) in [5, 5.41) is 13.4. The van der Waals surface area contributed by atoms with Crippen molar-refractivity contribution in [3.05, 3.63) is 58.0 Å². The fourth-order valence-electron chi connectivity index (χ4n) is 2.09. The second kappa shape index (κ2) is 7.75. The summed E-state index contributed by atoms with van der Waals surface area (Å²) in [4.78, 5) is 13.1. The summed E-state index contributed by atoms with van der Waals surface area (Å²) in [6, 6.07) is 7.23. The van der Waals surface area contributed by atoms with Crippen molar-refractivity contribution < 1.29 is 13.6 Å². The summed E-state index contributed by atoms with van der Waals surface area (Å²) in [5.41, 5.74) is 0.209. The van der Waals surface area contributed by atoms with Crippen LogP contribution in [-0.4, -0.2) is 26.4 Å². The maximum Gasteiger partial charge on any atom is 0.234 e. The van der Waals surface area contributed by atoms with E-state index >= 15 is 0 Å². The van der Waals surface area contributed by atoms with Crippen LogP contribution in [0.1, 0.15) is 10.7 Å². The molecule has 3 rings (SSSR count). The van der Waals surface area contributed by atoms with Gasteiger partial charge in [0.25, 0.3) is 0 Å². The van der Waals surface area contributed by atoms with Crippen molar-refractivity contribution in [2.24, 2.45) is 7.05 Å². The van der Waals surface area contributed by atoms with Crippen LogP contribution in [0.15, 0.2) is 40.9 Å². The topological polar surface area (TPSA) is 59.8 Å². The molecule has 25 heavy (non-hydrogen) atoms. The number of anilines is 1. The van der Waals surface area contributed by atoms with Gasteiger partial charge in [0.05, 0.1) is 5.75 Å². The minimum Gasteiger partial charge on any atom is -0.325 e. The van der Waals surface area contributed by atoms with Crippen LogP contribution in [-0.2, 0) is 18.3 Å². The third kappa shape index (κ3) is 4.43. The first-order chi connectivity index (χ1) is 12.0. The number of amides is 1. The molecule has 0 radical (unpaired) electrons. The molecule has 1 amide bonds. The molecule has 0 saturated carbocycles. The molecule has 2 aromatic heterocycles. The molecule has 130 valence electrons. The predicted octanol–water partition coefficient (Wildman–Crippen LogP) is 3.48. The maximum atomic E-state index is 13.1. The van der Waals surface area contributed by atoms with Gasteiger partial charge in [-0.2, -0.15) is 0 Å². The highest BCUT2D eigenvalue weighted by Gasteiger charge is 2.13. The van der Waals surface area contributed by atoms with Gasteiger partial charge in [-0.05, 0) is 23.6 Å². The minimum atomic E-state index is -1.00. The Kier molecular flexibility index (Phi) is 5.44. The van der Waals surface area contributed by atoms with Crippen LogP contribution in [0.4, 0.5) is 14.5 Å². The number of rotatable bonds is 6. The first kappa shape index (κ1) is 17.6. The molecular weight excluding hydrogens is 366 g/mol. The molecule has 0 saturated heterocycles. The van der Waals surface area contributed by atoms with E-state index in [9.17, 15) is 13.6 Å². The van der Waals surface area contributed by atoms with E-state index in [1.165, 1.54) is 22.7 Å². The summed E-state index contributed by atoms with van der Waals surface area (Å²) in [5.74, 6) is -1.39. The monoisotopic (exact) mass is 380 g/mol. The van der Waals surface area contributed by atoms with Gasteiger partial charge in [-0.3, -0.25) is 4.79 Å². The molecule has 9 heteroatoms. The van der Waals surface area contributed by atoms with E-state index in [4.69, 9.17) is 0 Å².